The first-order valence-corrected chi connectivity index (χ1v) is 4.47. The number of carbonyl (C=O) groups excluding carboxylic acids is 1. The van der Waals surface area contributed by atoms with Crippen LogP contribution in [0.5, 0.6) is 0 Å². The van der Waals surface area contributed by atoms with E-state index in [1.807, 2.05) is 32.1 Å². The molecule has 0 saturated heterocycles. The Morgan fingerprint density at radius 1 is 1.54 bits per heavy atom. The van der Waals surface area contributed by atoms with Gasteiger partial charge in [0.05, 0.1) is 6.61 Å². The summed E-state index contributed by atoms with van der Waals surface area (Å²) < 4.78 is 5.04. The van der Waals surface area contributed by atoms with Gasteiger partial charge in [0.1, 0.15) is 0 Å². The van der Waals surface area contributed by atoms with E-state index in [0.29, 0.717) is 19.1 Å². The number of carbonyl (C=O) groups is 1. The van der Waals surface area contributed by atoms with Crippen LogP contribution in [0, 0.1) is 5.92 Å². The van der Waals surface area contributed by atoms with Crippen molar-refractivity contribution in [2.45, 2.75) is 13.8 Å². The summed E-state index contributed by atoms with van der Waals surface area (Å²) in [5.41, 5.74) is 0. The van der Waals surface area contributed by atoms with E-state index in [1.54, 1.807) is 11.1 Å². The molecule has 72 valence electrons. The second-order valence-electron chi connectivity index (χ2n) is 3.39. The average Bonchev–Trinajstić information content (AvgIpc) is 2.15. The molecule has 0 aliphatic carbocycles. The largest absolute Gasteiger partial charge is 0.449 e. The average molecular weight is 181 g/mol. The van der Waals surface area contributed by atoms with Crippen LogP contribution in [-0.4, -0.2) is 24.1 Å². The fourth-order valence-corrected chi connectivity index (χ4v) is 0.924. The number of hydrogen-bond donors (Lipinski definition) is 0. The van der Waals surface area contributed by atoms with Crippen LogP contribution in [0.3, 0.4) is 0 Å². The second-order valence-corrected chi connectivity index (χ2v) is 3.39. The maximum atomic E-state index is 11.3. The van der Waals surface area contributed by atoms with E-state index in [2.05, 4.69) is 0 Å². The monoisotopic (exact) mass is 181 g/mol. The molecule has 0 unspecified atom stereocenters. The number of allylic oxidation sites excluding steroid dienone is 2. The van der Waals surface area contributed by atoms with Crippen molar-refractivity contribution in [1.29, 1.82) is 0 Å². The molecule has 1 aliphatic heterocycles. The number of nitrogens with zero attached hydrogens (tertiary/aromatic N) is 1. The van der Waals surface area contributed by atoms with E-state index in [0.717, 1.165) is 0 Å². The molecule has 0 aromatic rings. The second kappa shape index (κ2) is 4.70. The Balaban J connectivity index is 2.31. The third-order valence-corrected chi connectivity index (χ3v) is 1.59. The predicted molar refractivity (Wildman–Crippen MR) is 51.2 cm³/mol. The summed E-state index contributed by atoms with van der Waals surface area (Å²) in [6.07, 6.45) is 7.10. The van der Waals surface area contributed by atoms with Gasteiger partial charge in [0.2, 0.25) is 0 Å². The molecule has 13 heavy (non-hydrogen) atoms. The lowest BCUT2D eigenvalue weighted by Crippen LogP contribution is -2.28. The van der Waals surface area contributed by atoms with Gasteiger partial charge in [-0.25, -0.2) is 4.79 Å². The number of hydrogen-bond acceptors (Lipinski definition) is 2. The van der Waals surface area contributed by atoms with Crippen molar-refractivity contribution in [3.8, 4) is 0 Å². The van der Waals surface area contributed by atoms with Gasteiger partial charge in [0.25, 0.3) is 0 Å². The zero-order chi connectivity index (χ0) is 9.68. The smallest absolute Gasteiger partial charge is 0.414 e. The topological polar surface area (TPSA) is 29.5 Å². The molecule has 0 N–H and O–H groups in total. The Kier molecular flexibility index (Phi) is 3.55. The van der Waals surface area contributed by atoms with Gasteiger partial charge in [-0.1, -0.05) is 26.0 Å². The van der Waals surface area contributed by atoms with Crippen LogP contribution in [-0.2, 0) is 4.74 Å². The number of rotatable bonds is 2. The maximum absolute atomic E-state index is 11.3. The van der Waals surface area contributed by atoms with Gasteiger partial charge in [-0.05, 0) is 12.0 Å². The summed E-state index contributed by atoms with van der Waals surface area (Å²) >= 11 is 0. The molecule has 1 amide bonds. The molecule has 3 nitrogen and oxygen atoms in total. The molecular weight excluding hydrogens is 166 g/mol. The van der Waals surface area contributed by atoms with Crippen LogP contribution in [0.1, 0.15) is 13.8 Å². The summed E-state index contributed by atoms with van der Waals surface area (Å²) in [4.78, 5) is 12.9. The highest BCUT2D eigenvalue weighted by Gasteiger charge is 2.11. The van der Waals surface area contributed by atoms with E-state index in [9.17, 15) is 4.79 Å². The molecule has 0 aromatic heterocycles. The molecule has 1 heterocycles. The van der Waals surface area contributed by atoms with Crippen molar-refractivity contribution >= 4 is 6.09 Å². The molecule has 0 radical (unpaired) electrons. The molecule has 1 rings (SSSR count). The third-order valence-electron chi connectivity index (χ3n) is 1.59. The molecule has 0 saturated carbocycles. The predicted octanol–water partition coefficient (Wildman–Crippen LogP) is 2.16. The van der Waals surface area contributed by atoms with Crippen LogP contribution >= 0.6 is 0 Å². The normalized spacial score (nSPS) is 15.2. The molecule has 1 aliphatic rings. The minimum atomic E-state index is -0.269. The fourth-order valence-electron chi connectivity index (χ4n) is 0.924. The first-order chi connectivity index (χ1) is 6.20. The van der Waals surface area contributed by atoms with Gasteiger partial charge in [0.15, 0.2) is 0 Å². The van der Waals surface area contributed by atoms with Crippen molar-refractivity contribution in [2.24, 2.45) is 5.92 Å². The number of ether oxygens (including phenoxy) is 1. The molecule has 0 fully saturated rings. The zero-order valence-corrected chi connectivity index (χ0v) is 8.06. The maximum Gasteiger partial charge on any atom is 0.414 e. The summed E-state index contributed by atoms with van der Waals surface area (Å²) in [6, 6.07) is 0. The first-order valence-electron chi connectivity index (χ1n) is 4.47. The summed E-state index contributed by atoms with van der Waals surface area (Å²) in [6.45, 7) is 5.11. The van der Waals surface area contributed by atoms with Crippen molar-refractivity contribution < 1.29 is 9.53 Å². The van der Waals surface area contributed by atoms with Crippen LogP contribution in [0.2, 0.25) is 0 Å². The first kappa shape index (κ1) is 9.84. The quantitative estimate of drug-likeness (QED) is 0.653. The van der Waals surface area contributed by atoms with Gasteiger partial charge < -0.3 is 4.74 Å². The zero-order valence-electron chi connectivity index (χ0n) is 8.06. The molecule has 3 heteroatoms. The van der Waals surface area contributed by atoms with Crippen molar-refractivity contribution in [2.75, 3.05) is 13.2 Å². The fraction of sp³-hybridized carbons (Fsp3) is 0.500. The van der Waals surface area contributed by atoms with Crippen LogP contribution in [0.25, 0.3) is 0 Å². The summed E-state index contributed by atoms with van der Waals surface area (Å²) in [7, 11) is 0. The lowest BCUT2D eigenvalue weighted by molar-refractivity contribution is 0.108. The van der Waals surface area contributed by atoms with Crippen LogP contribution in [0.4, 0.5) is 4.79 Å². The van der Waals surface area contributed by atoms with Crippen molar-refractivity contribution in [3.05, 3.63) is 24.4 Å². The summed E-state index contributed by atoms with van der Waals surface area (Å²) in [5.74, 6) is 0.383. The molecule has 0 bridgehead atoms. The highest BCUT2D eigenvalue weighted by molar-refractivity contribution is 5.69. The van der Waals surface area contributed by atoms with Gasteiger partial charge in [-0.2, -0.15) is 0 Å². The van der Waals surface area contributed by atoms with Gasteiger partial charge in [-0.3, -0.25) is 4.90 Å². The Labute approximate surface area is 78.7 Å². The summed E-state index contributed by atoms with van der Waals surface area (Å²) in [5, 5.41) is 0. The lowest BCUT2D eigenvalue weighted by atomic mass is 10.2. The molecule has 0 atom stereocenters. The van der Waals surface area contributed by atoms with Crippen molar-refractivity contribution in [1.82, 2.24) is 4.90 Å². The SMILES string of the molecule is CC(C)COC(=O)N1C=CC=CC1. The van der Waals surface area contributed by atoms with E-state index in [-0.39, 0.29) is 6.09 Å². The highest BCUT2D eigenvalue weighted by atomic mass is 16.6. The van der Waals surface area contributed by atoms with E-state index in [4.69, 9.17) is 4.74 Å². The standard InChI is InChI=1S/C10H15NO2/c1-9(2)8-13-10(12)11-6-4-3-5-7-11/h3-6,9H,7-8H2,1-2H3. The Hall–Kier alpha value is -1.25. The van der Waals surface area contributed by atoms with Gasteiger partial charge >= 0.3 is 6.09 Å². The Morgan fingerprint density at radius 3 is 2.85 bits per heavy atom. The van der Waals surface area contributed by atoms with Crippen LogP contribution < -0.4 is 0 Å². The molecule has 0 spiro atoms. The third kappa shape index (κ3) is 3.32. The Morgan fingerprint density at radius 2 is 2.31 bits per heavy atom. The number of amides is 1. The van der Waals surface area contributed by atoms with E-state index >= 15 is 0 Å². The minimum absolute atomic E-state index is 0.269. The highest BCUT2D eigenvalue weighted by Crippen LogP contribution is 2.03. The van der Waals surface area contributed by atoms with Gasteiger partial charge in [0, 0.05) is 12.7 Å². The van der Waals surface area contributed by atoms with Crippen molar-refractivity contribution in [3.63, 3.8) is 0 Å². The Bertz CT molecular complexity index is 231. The molecule has 0 aromatic carbocycles. The van der Waals surface area contributed by atoms with Crippen LogP contribution in [0.15, 0.2) is 24.4 Å². The lowest BCUT2D eigenvalue weighted by Gasteiger charge is -2.18. The minimum Gasteiger partial charge on any atom is -0.449 e. The van der Waals surface area contributed by atoms with E-state index < -0.39 is 0 Å². The molecular formula is C10H15NO2. The van der Waals surface area contributed by atoms with E-state index in [1.165, 1.54) is 0 Å². The van der Waals surface area contributed by atoms with Gasteiger partial charge in [-0.15, -0.1) is 0 Å².